The van der Waals surface area contributed by atoms with Gasteiger partial charge in [0.25, 0.3) is 0 Å². The van der Waals surface area contributed by atoms with E-state index in [0.717, 1.165) is 24.1 Å². The lowest BCUT2D eigenvalue weighted by Crippen LogP contribution is -2.09. The molecule has 1 atom stereocenters. The van der Waals surface area contributed by atoms with Crippen LogP contribution >= 0.6 is 11.6 Å². The molecule has 1 aliphatic rings. The Hall–Kier alpha value is -1.54. The SMILES string of the molecule is Cc1ccc2c(c1)C(Nc1c(C)ccnc1Cl)CC2. The number of benzene rings is 1. The monoisotopic (exact) mass is 272 g/mol. The predicted molar refractivity (Wildman–Crippen MR) is 79.8 cm³/mol. The Morgan fingerprint density at radius 2 is 2.11 bits per heavy atom. The molecule has 1 aliphatic carbocycles. The Balaban J connectivity index is 1.93. The van der Waals surface area contributed by atoms with E-state index in [9.17, 15) is 0 Å². The highest BCUT2D eigenvalue weighted by atomic mass is 35.5. The number of aromatic nitrogens is 1. The average molecular weight is 273 g/mol. The zero-order valence-corrected chi connectivity index (χ0v) is 12.0. The first-order valence-electron chi connectivity index (χ1n) is 6.62. The summed E-state index contributed by atoms with van der Waals surface area (Å²) in [5, 5.41) is 4.12. The van der Waals surface area contributed by atoms with E-state index < -0.39 is 0 Å². The molecule has 1 unspecified atom stereocenters. The van der Waals surface area contributed by atoms with Crippen LogP contribution in [0.25, 0.3) is 0 Å². The molecular weight excluding hydrogens is 256 g/mol. The number of nitrogens with one attached hydrogen (secondary N) is 1. The summed E-state index contributed by atoms with van der Waals surface area (Å²) in [6.07, 6.45) is 3.99. The summed E-state index contributed by atoms with van der Waals surface area (Å²) in [6, 6.07) is 9.03. The minimum absolute atomic E-state index is 0.343. The largest absolute Gasteiger partial charge is 0.376 e. The highest BCUT2D eigenvalue weighted by Crippen LogP contribution is 2.36. The molecule has 1 aromatic heterocycles. The molecule has 1 aromatic carbocycles. The molecule has 0 radical (unpaired) electrons. The van der Waals surface area contributed by atoms with Crippen LogP contribution in [0.1, 0.15) is 34.7 Å². The van der Waals surface area contributed by atoms with Crippen molar-refractivity contribution in [3.63, 3.8) is 0 Å². The number of nitrogens with zero attached hydrogens (tertiary/aromatic N) is 1. The quantitative estimate of drug-likeness (QED) is 0.817. The lowest BCUT2D eigenvalue weighted by molar-refractivity contribution is 0.760. The zero-order chi connectivity index (χ0) is 13.4. The van der Waals surface area contributed by atoms with Gasteiger partial charge >= 0.3 is 0 Å². The van der Waals surface area contributed by atoms with Crippen LogP contribution in [0.15, 0.2) is 30.5 Å². The molecule has 2 nitrogen and oxygen atoms in total. The van der Waals surface area contributed by atoms with E-state index in [1.807, 2.05) is 6.07 Å². The van der Waals surface area contributed by atoms with Crippen molar-refractivity contribution in [1.29, 1.82) is 0 Å². The summed E-state index contributed by atoms with van der Waals surface area (Å²) in [4.78, 5) is 4.16. The molecule has 0 amide bonds. The molecule has 0 fully saturated rings. The van der Waals surface area contributed by atoms with Crippen LogP contribution in [-0.4, -0.2) is 4.98 Å². The Labute approximate surface area is 118 Å². The van der Waals surface area contributed by atoms with Crippen LogP contribution in [-0.2, 0) is 6.42 Å². The number of aryl methyl sites for hydroxylation is 3. The molecule has 0 saturated heterocycles. The highest BCUT2D eigenvalue weighted by Gasteiger charge is 2.23. The lowest BCUT2D eigenvalue weighted by atomic mass is 10.0. The summed E-state index contributed by atoms with van der Waals surface area (Å²) < 4.78 is 0. The van der Waals surface area contributed by atoms with Crippen LogP contribution in [0, 0.1) is 13.8 Å². The summed E-state index contributed by atoms with van der Waals surface area (Å²) in [5.41, 5.74) is 6.26. The zero-order valence-electron chi connectivity index (χ0n) is 11.2. The Kier molecular flexibility index (Phi) is 3.19. The van der Waals surface area contributed by atoms with Gasteiger partial charge in [0.2, 0.25) is 0 Å². The van der Waals surface area contributed by atoms with Crippen LogP contribution in [0.4, 0.5) is 5.69 Å². The normalized spacial score (nSPS) is 17.3. The van der Waals surface area contributed by atoms with Crippen molar-refractivity contribution in [1.82, 2.24) is 4.98 Å². The van der Waals surface area contributed by atoms with Gasteiger partial charge in [0.05, 0.1) is 11.7 Å². The molecule has 0 bridgehead atoms. The molecule has 0 saturated carbocycles. The van der Waals surface area contributed by atoms with Crippen molar-refractivity contribution in [3.8, 4) is 0 Å². The van der Waals surface area contributed by atoms with Gasteiger partial charge in [0.1, 0.15) is 0 Å². The fraction of sp³-hybridized carbons (Fsp3) is 0.312. The van der Waals surface area contributed by atoms with Gasteiger partial charge in [-0.2, -0.15) is 0 Å². The van der Waals surface area contributed by atoms with Crippen molar-refractivity contribution in [3.05, 3.63) is 57.9 Å². The maximum Gasteiger partial charge on any atom is 0.152 e. The molecule has 1 N–H and O–H groups in total. The van der Waals surface area contributed by atoms with Crippen molar-refractivity contribution in [2.24, 2.45) is 0 Å². The van der Waals surface area contributed by atoms with E-state index in [2.05, 4.69) is 42.3 Å². The second kappa shape index (κ2) is 4.86. The number of anilines is 1. The predicted octanol–water partition coefficient (Wildman–Crippen LogP) is 4.45. The molecule has 3 heteroatoms. The Morgan fingerprint density at radius 3 is 2.89 bits per heavy atom. The van der Waals surface area contributed by atoms with E-state index in [4.69, 9.17) is 11.6 Å². The third-order valence-electron chi connectivity index (χ3n) is 3.81. The van der Waals surface area contributed by atoms with Crippen molar-refractivity contribution < 1.29 is 0 Å². The number of pyridine rings is 1. The topological polar surface area (TPSA) is 24.9 Å². The van der Waals surface area contributed by atoms with E-state index in [0.29, 0.717) is 11.2 Å². The van der Waals surface area contributed by atoms with Crippen LogP contribution in [0.2, 0.25) is 5.15 Å². The van der Waals surface area contributed by atoms with E-state index in [1.165, 1.54) is 16.7 Å². The lowest BCUT2D eigenvalue weighted by Gasteiger charge is -2.18. The fourth-order valence-corrected chi connectivity index (χ4v) is 3.00. The van der Waals surface area contributed by atoms with E-state index >= 15 is 0 Å². The van der Waals surface area contributed by atoms with Crippen LogP contribution in [0.3, 0.4) is 0 Å². The van der Waals surface area contributed by atoms with Crippen LogP contribution < -0.4 is 5.32 Å². The average Bonchev–Trinajstić information content (AvgIpc) is 2.76. The van der Waals surface area contributed by atoms with Crippen LogP contribution in [0.5, 0.6) is 0 Å². The summed E-state index contributed by atoms with van der Waals surface area (Å²) >= 11 is 6.19. The summed E-state index contributed by atoms with van der Waals surface area (Å²) in [5.74, 6) is 0. The molecule has 1 heterocycles. The molecule has 2 aromatic rings. The Morgan fingerprint density at radius 1 is 1.26 bits per heavy atom. The molecule has 19 heavy (non-hydrogen) atoms. The van der Waals surface area contributed by atoms with Gasteiger partial charge in [-0.15, -0.1) is 0 Å². The Bertz CT molecular complexity index is 602. The maximum atomic E-state index is 6.19. The smallest absolute Gasteiger partial charge is 0.152 e. The number of fused-ring (bicyclic) bond motifs is 1. The van der Waals surface area contributed by atoms with E-state index in [1.54, 1.807) is 6.20 Å². The first-order chi connectivity index (χ1) is 9.15. The summed E-state index contributed by atoms with van der Waals surface area (Å²) in [6.45, 7) is 4.19. The van der Waals surface area contributed by atoms with Gasteiger partial charge in [0.15, 0.2) is 5.15 Å². The second-order valence-electron chi connectivity index (χ2n) is 5.23. The maximum absolute atomic E-state index is 6.19. The van der Waals surface area contributed by atoms with E-state index in [-0.39, 0.29) is 0 Å². The molecule has 98 valence electrons. The number of hydrogen-bond donors (Lipinski definition) is 1. The van der Waals surface area contributed by atoms with Gasteiger partial charge in [-0.1, -0.05) is 35.4 Å². The minimum atomic E-state index is 0.343. The number of rotatable bonds is 2. The first-order valence-corrected chi connectivity index (χ1v) is 7.00. The van der Waals surface area contributed by atoms with Gasteiger partial charge < -0.3 is 5.32 Å². The van der Waals surface area contributed by atoms with Gasteiger partial charge in [-0.25, -0.2) is 4.98 Å². The number of halogens is 1. The molecular formula is C16H17ClN2. The third kappa shape index (κ3) is 2.33. The van der Waals surface area contributed by atoms with Crippen molar-refractivity contribution in [2.75, 3.05) is 5.32 Å². The van der Waals surface area contributed by atoms with Crippen molar-refractivity contribution >= 4 is 17.3 Å². The second-order valence-corrected chi connectivity index (χ2v) is 5.59. The first kappa shape index (κ1) is 12.5. The van der Waals surface area contributed by atoms with Gasteiger partial charge in [-0.3, -0.25) is 0 Å². The van der Waals surface area contributed by atoms with Gasteiger partial charge in [-0.05, 0) is 49.4 Å². The standard InChI is InChI=1S/C16H17ClN2/c1-10-3-4-12-5-6-14(13(12)9-10)19-15-11(2)7-8-18-16(15)17/h3-4,7-9,14,19H,5-6H2,1-2H3. The molecule has 3 rings (SSSR count). The molecule has 0 spiro atoms. The fourth-order valence-electron chi connectivity index (χ4n) is 2.74. The van der Waals surface area contributed by atoms with Crippen molar-refractivity contribution in [2.45, 2.75) is 32.7 Å². The number of hydrogen-bond acceptors (Lipinski definition) is 2. The highest BCUT2D eigenvalue weighted by molar-refractivity contribution is 6.32. The minimum Gasteiger partial charge on any atom is -0.376 e. The third-order valence-corrected chi connectivity index (χ3v) is 4.10. The summed E-state index contributed by atoms with van der Waals surface area (Å²) in [7, 11) is 0. The van der Waals surface area contributed by atoms with Gasteiger partial charge in [0, 0.05) is 6.20 Å². The molecule has 0 aliphatic heterocycles.